The van der Waals surface area contributed by atoms with Gasteiger partial charge in [0.25, 0.3) is 0 Å². The molecule has 0 bridgehead atoms. The van der Waals surface area contributed by atoms with Crippen LogP contribution < -0.4 is 4.74 Å². The minimum absolute atomic E-state index is 0.0694. The van der Waals surface area contributed by atoms with E-state index in [1.54, 1.807) is 6.07 Å². The zero-order valence-electron chi connectivity index (χ0n) is 10.6. The molecule has 1 aliphatic rings. The molecule has 1 saturated carbocycles. The lowest BCUT2D eigenvalue weighted by molar-refractivity contribution is -0.190. The highest BCUT2D eigenvalue weighted by Gasteiger charge is 2.39. The number of hydrogen-bond donors (Lipinski definition) is 0. The Morgan fingerprint density at radius 1 is 1.42 bits per heavy atom. The molecule has 1 aliphatic carbocycles. The molecule has 1 aromatic heterocycles. The Labute approximate surface area is 108 Å². The van der Waals surface area contributed by atoms with Crippen molar-refractivity contribution in [2.75, 3.05) is 0 Å². The molecule has 0 saturated heterocycles. The van der Waals surface area contributed by atoms with Gasteiger partial charge < -0.3 is 4.74 Å². The van der Waals surface area contributed by atoms with Gasteiger partial charge in [0.1, 0.15) is 5.69 Å². The van der Waals surface area contributed by atoms with Crippen molar-refractivity contribution in [1.29, 1.82) is 0 Å². The highest BCUT2D eigenvalue weighted by atomic mass is 19.4. The van der Waals surface area contributed by atoms with Gasteiger partial charge in [-0.25, -0.2) is 4.98 Å². The van der Waals surface area contributed by atoms with Gasteiger partial charge in [0.05, 0.1) is 0 Å². The first-order chi connectivity index (χ1) is 8.79. The van der Waals surface area contributed by atoms with E-state index >= 15 is 0 Å². The van der Waals surface area contributed by atoms with E-state index in [4.69, 9.17) is 4.74 Å². The summed E-state index contributed by atoms with van der Waals surface area (Å²) in [5, 5.41) is 0. The van der Waals surface area contributed by atoms with Crippen LogP contribution in [0.15, 0.2) is 12.1 Å². The summed E-state index contributed by atoms with van der Waals surface area (Å²) in [5.41, 5.74) is 0.773. The fraction of sp³-hybridized carbons (Fsp3) is 0.538. The fourth-order valence-corrected chi connectivity index (χ4v) is 1.68. The number of ether oxygens (including phenoxy) is 1. The smallest absolute Gasteiger partial charge is 0.425 e. The Morgan fingerprint density at radius 2 is 2.05 bits per heavy atom. The first-order valence-electron chi connectivity index (χ1n) is 6.04. The van der Waals surface area contributed by atoms with Crippen molar-refractivity contribution < 1.29 is 22.7 Å². The lowest BCUT2D eigenvalue weighted by Crippen LogP contribution is -2.31. The summed E-state index contributed by atoms with van der Waals surface area (Å²) in [5.74, 6) is -0.171. The molecular formula is C13H14F3NO2. The third kappa shape index (κ3) is 3.24. The Balaban J connectivity index is 2.30. The molecule has 0 aromatic carbocycles. The highest BCUT2D eigenvalue weighted by Crippen LogP contribution is 2.44. The number of carbonyl (C=O) groups excluding carboxylic acids is 1. The average Bonchev–Trinajstić information content (AvgIpc) is 3.11. The third-order valence-corrected chi connectivity index (χ3v) is 3.02. The number of hydrogen-bond acceptors (Lipinski definition) is 3. The molecule has 19 heavy (non-hydrogen) atoms. The van der Waals surface area contributed by atoms with Crippen LogP contribution in [0.25, 0.3) is 0 Å². The minimum Gasteiger partial charge on any atom is -0.465 e. The summed E-state index contributed by atoms with van der Waals surface area (Å²) >= 11 is 0. The number of aromatic nitrogens is 1. The number of nitrogens with zero attached hydrogens (tertiary/aromatic N) is 1. The normalized spacial score (nSPS) is 17.1. The van der Waals surface area contributed by atoms with Crippen molar-refractivity contribution in [1.82, 2.24) is 4.98 Å². The van der Waals surface area contributed by atoms with Crippen LogP contribution in [0.4, 0.5) is 13.2 Å². The molecule has 1 fully saturated rings. The first-order valence-corrected chi connectivity index (χ1v) is 6.04. The molecule has 0 N–H and O–H groups in total. The second-order valence-electron chi connectivity index (χ2n) is 4.72. The number of halogens is 3. The molecule has 6 heteroatoms. The van der Waals surface area contributed by atoms with Gasteiger partial charge in [-0.2, -0.15) is 13.2 Å². The fourth-order valence-electron chi connectivity index (χ4n) is 1.68. The minimum atomic E-state index is -4.45. The van der Waals surface area contributed by atoms with E-state index in [2.05, 4.69) is 4.98 Å². The van der Waals surface area contributed by atoms with Crippen molar-refractivity contribution in [3.8, 4) is 5.88 Å². The van der Waals surface area contributed by atoms with Gasteiger partial charge in [-0.05, 0) is 31.7 Å². The maximum absolute atomic E-state index is 12.5. The van der Waals surface area contributed by atoms with Gasteiger partial charge in [-0.3, -0.25) is 4.79 Å². The Morgan fingerprint density at radius 3 is 2.53 bits per heavy atom. The standard InChI is InChI=1S/C13H14F3NO2/c1-7(18)11-6-5-10(9-3-4-9)12(17-11)19-8(2)13(14,15)16/h5-6,8-9H,3-4H2,1-2H3. The molecule has 1 unspecified atom stereocenters. The molecule has 1 aromatic rings. The molecule has 2 rings (SSSR count). The molecule has 3 nitrogen and oxygen atoms in total. The van der Waals surface area contributed by atoms with E-state index in [0.29, 0.717) is 5.56 Å². The molecule has 0 spiro atoms. The lowest BCUT2D eigenvalue weighted by atomic mass is 10.1. The summed E-state index contributed by atoms with van der Waals surface area (Å²) < 4.78 is 42.5. The summed E-state index contributed by atoms with van der Waals surface area (Å²) in [6.07, 6.45) is -4.57. The number of rotatable bonds is 4. The lowest BCUT2D eigenvalue weighted by Gasteiger charge is -2.19. The Bertz CT molecular complexity index is 495. The zero-order valence-corrected chi connectivity index (χ0v) is 10.6. The summed E-state index contributed by atoms with van der Waals surface area (Å²) in [6.45, 7) is 2.24. The largest absolute Gasteiger partial charge is 0.465 e. The average molecular weight is 273 g/mol. The zero-order chi connectivity index (χ0) is 14.2. The Kier molecular flexibility index (Phi) is 3.52. The van der Waals surface area contributed by atoms with E-state index in [0.717, 1.165) is 19.8 Å². The van der Waals surface area contributed by atoms with Crippen LogP contribution in [-0.4, -0.2) is 23.0 Å². The van der Waals surface area contributed by atoms with Crippen molar-refractivity contribution >= 4 is 5.78 Å². The van der Waals surface area contributed by atoms with Gasteiger partial charge in [0.15, 0.2) is 11.9 Å². The number of Topliss-reactive ketones (excluding diaryl/α,β-unsaturated/α-hetero) is 1. The summed E-state index contributed by atoms with van der Waals surface area (Å²) in [7, 11) is 0. The number of pyridine rings is 1. The maximum atomic E-state index is 12.5. The molecule has 0 aliphatic heterocycles. The van der Waals surface area contributed by atoms with Crippen molar-refractivity contribution in [3.63, 3.8) is 0 Å². The predicted octanol–water partition coefficient (Wildman–Crippen LogP) is 3.49. The second kappa shape index (κ2) is 4.83. The SMILES string of the molecule is CC(=O)c1ccc(C2CC2)c(OC(C)C(F)(F)F)n1. The van der Waals surface area contributed by atoms with Crippen LogP contribution in [0.3, 0.4) is 0 Å². The topological polar surface area (TPSA) is 39.2 Å². The van der Waals surface area contributed by atoms with Gasteiger partial charge in [0.2, 0.25) is 5.88 Å². The maximum Gasteiger partial charge on any atom is 0.425 e. The van der Waals surface area contributed by atoms with E-state index in [1.807, 2.05) is 0 Å². The van der Waals surface area contributed by atoms with E-state index < -0.39 is 12.3 Å². The monoisotopic (exact) mass is 273 g/mol. The van der Waals surface area contributed by atoms with Gasteiger partial charge in [-0.1, -0.05) is 6.07 Å². The second-order valence-corrected chi connectivity index (χ2v) is 4.72. The Hall–Kier alpha value is -1.59. The van der Waals surface area contributed by atoms with E-state index in [9.17, 15) is 18.0 Å². The molecule has 104 valence electrons. The highest BCUT2D eigenvalue weighted by molar-refractivity contribution is 5.92. The quantitative estimate of drug-likeness (QED) is 0.788. The number of ketones is 1. The van der Waals surface area contributed by atoms with Crippen LogP contribution in [-0.2, 0) is 0 Å². The molecular weight excluding hydrogens is 259 g/mol. The van der Waals surface area contributed by atoms with Crippen molar-refractivity contribution in [3.05, 3.63) is 23.4 Å². The van der Waals surface area contributed by atoms with Gasteiger partial charge >= 0.3 is 6.18 Å². The van der Waals surface area contributed by atoms with Crippen LogP contribution in [0.5, 0.6) is 5.88 Å². The van der Waals surface area contributed by atoms with E-state index in [-0.39, 0.29) is 23.3 Å². The summed E-state index contributed by atoms with van der Waals surface area (Å²) in [6, 6.07) is 3.17. The van der Waals surface area contributed by atoms with Crippen molar-refractivity contribution in [2.45, 2.75) is 44.9 Å². The molecule has 0 amide bonds. The molecule has 1 atom stereocenters. The first kappa shape index (κ1) is 13.8. The number of alkyl halides is 3. The van der Waals surface area contributed by atoms with Gasteiger partial charge in [0, 0.05) is 12.5 Å². The predicted molar refractivity (Wildman–Crippen MR) is 62.4 cm³/mol. The van der Waals surface area contributed by atoms with Gasteiger partial charge in [-0.15, -0.1) is 0 Å². The van der Waals surface area contributed by atoms with Crippen LogP contribution in [0.2, 0.25) is 0 Å². The van der Waals surface area contributed by atoms with Crippen LogP contribution >= 0.6 is 0 Å². The molecule has 1 heterocycles. The summed E-state index contributed by atoms with van der Waals surface area (Å²) in [4.78, 5) is 15.2. The van der Waals surface area contributed by atoms with Crippen molar-refractivity contribution in [2.24, 2.45) is 0 Å². The third-order valence-electron chi connectivity index (χ3n) is 3.02. The molecule has 0 radical (unpaired) electrons. The van der Waals surface area contributed by atoms with E-state index in [1.165, 1.54) is 13.0 Å². The van der Waals surface area contributed by atoms with Crippen LogP contribution in [0, 0.1) is 0 Å². The number of carbonyl (C=O) groups is 1. The van der Waals surface area contributed by atoms with Crippen LogP contribution in [0.1, 0.15) is 48.7 Å².